The van der Waals surface area contributed by atoms with Crippen LogP contribution in [0.3, 0.4) is 0 Å². The number of H-pyrrole nitrogens is 2. The van der Waals surface area contributed by atoms with Crippen LogP contribution in [0.5, 0.6) is 5.75 Å². The second-order valence-electron chi connectivity index (χ2n) is 5.45. The average molecular weight is 342 g/mol. The van der Waals surface area contributed by atoms with Gasteiger partial charge in [0, 0.05) is 21.2 Å². The molecule has 0 bridgehead atoms. The lowest BCUT2D eigenvalue weighted by molar-refractivity contribution is 0.414. The predicted octanol–water partition coefficient (Wildman–Crippen LogP) is 5.34. The van der Waals surface area contributed by atoms with Gasteiger partial charge in [0.15, 0.2) is 0 Å². The predicted molar refractivity (Wildman–Crippen MR) is 102 cm³/mol. The van der Waals surface area contributed by atoms with Crippen LogP contribution >= 0.6 is 23.5 Å². The highest BCUT2D eigenvalue weighted by Gasteiger charge is 2.13. The lowest BCUT2D eigenvalue weighted by Gasteiger charge is -2.12. The van der Waals surface area contributed by atoms with Crippen molar-refractivity contribution in [1.82, 2.24) is 9.97 Å². The summed E-state index contributed by atoms with van der Waals surface area (Å²) < 4.78 is 6.92. The van der Waals surface area contributed by atoms with Gasteiger partial charge >= 0.3 is 0 Å². The third kappa shape index (κ3) is 3.03. The molecule has 3 nitrogen and oxygen atoms in total. The molecule has 1 fully saturated rings. The van der Waals surface area contributed by atoms with Gasteiger partial charge in [-0.1, -0.05) is 18.2 Å². The van der Waals surface area contributed by atoms with Crippen molar-refractivity contribution in [2.45, 2.75) is 6.42 Å². The third-order valence-electron chi connectivity index (χ3n) is 3.89. The van der Waals surface area contributed by atoms with Crippen molar-refractivity contribution in [3.63, 3.8) is 0 Å². The van der Waals surface area contributed by atoms with Crippen LogP contribution in [0.4, 0.5) is 0 Å². The number of rotatable bonds is 3. The zero-order valence-corrected chi connectivity index (χ0v) is 14.5. The van der Waals surface area contributed by atoms with E-state index < -0.39 is 0 Å². The minimum absolute atomic E-state index is 0.887. The summed E-state index contributed by atoms with van der Waals surface area (Å²) in [7, 11) is 1.72. The molecule has 118 valence electrons. The minimum atomic E-state index is 0.887. The van der Waals surface area contributed by atoms with E-state index in [4.69, 9.17) is 4.74 Å². The molecule has 3 aromatic rings. The number of benzene rings is 1. The zero-order valence-electron chi connectivity index (χ0n) is 12.9. The topological polar surface area (TPSA) is 40.8 Å². The molecule has 0 amide bonds. The van der Waals surface area contributed by atoms with Crippen molar-refractivity contribution in [2.75, 3.05) is 18.6 Å². The second-order valence-corrected chi connectivity index (χ2v) is 7.98. The van der Waals surface area contributed by atoms with E-state index in [1.165, 1.54) is 27.5 Å². The Balaban J connectivity index is 1.72. The molecular formula is C18H18N2OS2. The Bertz CT molecular complexity index is 822. The van der Waals surface area contributed by atoms with Gasteiger partial charge in [-0.15, -0.1) is 23.5 Å². The normalized spacial score (nSPS) is 15.1. The Kier molecular flexibility index (Phi) is 4.14. The van der Waals surface area contributed by atoms with Crippen molar-refractivity contribution < 1.29 is 4.74 Å². The van der Waals surface area contributed by atoms with Gasteiger partial charge in [-0.3, -0.25) is 0 Å². The molecule has 5 heteroatoms. The number of ether oxygens (including phenoxy) is 1. The Morgan fingerprint density at radius 2 is 1.83 bits per heavy atom. The van der Waals surface area contributed by atoms with Gasteiger partial charge in [-0.2, -0.15) is 0 Å². The molecule has 0 saturated carbocycles. The highest BCUT2D eigenvalue weighted by molar-refractivity contribution is 8.23. The molecule has 0 radical (unpaired) electrons. The third-order valence-corrected chi connectivity index (χ3v) is 6.39. The van der Waals surface area contributed by atoms with Crippen molar-refractivity contribution in [3.05, 3.63) is 46.3 Å². The van der Waals surface area contributed by atoms with E-state index in [0.29, 0.717) is 0 Å². The van der Waals surface area contributed by atoms with Crippen LogP contribution in [0.15, 0.2) is 40.6 Å². The molecule has 1 aromatic carbocycles. The van der Waals surface area contributed by atoms with Gasteiger partial charge in [0.1, 0.15) is 5.75 Å². The quantitative estimate of drug-likeness (QED) is 0.675. The van der Waals surface area contributed by atoms with Crippen LogP contribution < -0.4 is 4.74 Å². The summed E-state index contributed by atoms with van der Waals surface area (Å²) >= 11 is 3.85. The van der Waals surface area contributed by atoms with Gasteiger partial charge in [-0.25, -0.2) is 0 Å². The molecule has 0 atom stereocenters. The fraction of sp³-hybridized carbons (Fsp3) is 0.222. The van der Waals surface area contributed by atoms with E-state index in [2.05, 4.69) is 46.4 Å². The van der Waals surface area contributed by atoms with E-state index in [-0.39, 0.29) is 0 Å². The van der Waals surface area contributed by atoms with Crippen LogP contribution in [0, 0.1) is 0 Å². The van der Waals surface area contributed by atoms with E-state index in [9.17, 15) is 0 Å². The van der Waals surface area contributed by atoms with Crippen molar-refractivity contribution in [2.24, 2.45) is 0 Å². The number of para-hydroxylation sites is 1. The van der Waals surface area contributed by atoms with Crippen LogP contribution in [-0.2, 0) is 0 Å². The first-order valence-corrected chi connectivity index (χ1v) is 9.63. The summed E-state index contributed by atoms with van der Waals surface area (Å²) in [4.78, 5) is 6.96. The number of nitrogens with one attached hydrogen (secondary N) is 2. The van der Waals surface area contributed by atoms with Crippen LogP contribution in [0.2, 0.25) is 0 Å². The van der Waals surface area contributed by atoms with Gasteiger partial charge in [0.25, 0.3) is 0 Å². The summed E-state index contributed by atoms with van der Waals surface area (Å²) in [5, 5.41) is 1.22. The first-order valence-electron chi connectivity index (χ1n) is 7.66. The Labute approximate surface area is 143 Å². The van der Waals surface area contributed by atoms with Crippen LogP contribution in [0.1, 0.15) is 12.1 Å². The van der Waals surface area contributed by atoms with Gasteiger partial charge in [-0.05, 0) is 36.1 Å². The molecular weight excluding hydrogens is 324 g/mol. The Hall–Kier alpha value is -1.72. The molecule has 2 aromatic heterocycles. The summed E-state index contributed by atoms with van der Waals surface area (Å²) in [6.07, 6.45) is 3.49. The Morgan fingerprint density at radius 1 is 1.04 bits per heavy atom. The number of aromatic amines is 2. The SMILES string of the molecule is COc1cc(-c2cc3ccccc3[nH]2)[nH]c1C=C1SCCCS1. The molecule has 4 rings (SSSR count). The standard InChI is InChI=1S/C18H18N2OS2/c1-21-17-10-15(14-9-12-5-2-3-6-13(12)19-14)20-16(17)11-18-22-7-4-8-23-18/h2-3,5-6,9-11,19-20H,4,7-8H2,1H3. The lowest BCUT2D eigenvalue weighted by Crippen LogP contribution is -1.92. The first-order chi connectivity index (χ1) is 11.3. The number of aromatic nitrogens is 2. The number of fused-ring (bicyclic) bond motifs is 1. The maximum Gasteiger partial charge on any atom is 0.144 e. The molecule has 23 heavy (non-hydrogen) atoms. The summed E-state index contributed by atoms with van der Waals surface area (Å²) in [5.41, 5.74) is 4.32. The van der Waals surface area contributed by atoms with Gasteiger partial charge < -0.3 is 14.7 Å². The monoisotopic (exact) mass is 342 g/mol. The van der Waals surface area contributed by atoms with E-state index in [0.717, 1.165) is 28.3 Å². The highest BCUT2D eigenvalue weighted by atomic mass is 32.2. The summed E-state index contributed by atoms with van der Waals surface area (Å²) in [6.45, 7) is 0. The molecule has 1 aliphatic heterocycles. The largest absolute Gasteiger partial charge is 0.494 e. The van der Waals surface area contributed by atoms with Crippen molar-refractivity contribution in [1.29, 1.82) is 0 Å². The number of methoxy groups -OCH3 is 1. The maximum atomic E-state index is 5.55. The van der Waals surface area contributed by atoms with Crippen molar-refractivity contribution in [3.8, 4) is 17.1 Å². The van der Waals surface area contributed by atoms with Crippen molar-refractivity contribution >= 4 is 40.5 Å². The Morgan fingerprint density at radius 3 is 2.61 bits per heavy atom. The number of hydrogen-bond donors (Lipinski definition) is 2. The fourth-order valence-corrected chi connectivity index (χ4v) is 5.14. The number of hydrogen-bond acceptors (Lipinski definition) is 3. The molecule has 2 N–H and O–H groups in total. The van der Waals surface area contributed by atoms with Gasteiger partial charge in [0.05, 0.1) is 24.2 Å². The maximum absolute atomic E-state index is 5.55. The number of thioether (sulfide) groups is 2. The highest BCUT2D eigenvalue weighted by Crippen LogP contribution is 2.38. The van der Waals surface area contributed by atoms with E-state index >= 15 is 0 Å². The molecule has 3 heterocycles. The van der Waals surface area contributed by atoms with E-state index in [1.54, 1.807) is 7.11 Å². The molecule has 0 unspecified atom stereocenters. The second kappa shape index (κ2) is 6.42. The minimum Gasteiger partial charge on any atom is -0.494 e. The molecule has 1 aliphatic rings. The molecule has 0 spiro atoms. The summed E-state index contributed by atoms with van der Waals surface area (Å²) in [5.74, 6) is 3.30. The zero-order chi connectivity index (χ0) is 15.6. The van der Waals surface area contributed by atoms with Crippen LogP contribution in [0.25, 0.3) is 28.4 Å². The van der Waals surface area contributed by atoms with Gasteiger partial charge in [0.2, 0.25) is 0 Å². The van der Waals surface area contributed by atoms with E-state index in [1.807, 2.05) is 29.6 Å². The molecule has 1 saturated heterocycles. The lowest BCUT2D eigenvalue weighted by atomic mass is 10.2. The fourth-order valence-electron chi connectivity index (χ4n) is 2.74. The summed E-state index contributed by atoms with van der Waals surface area (Å²) in [6, 6.07) is 12.6. The average Bonchev–Trinajstić information content (AvgIpc) is 3.19. The first kappa shape index (κ1) is 14.8. The smallest absolute Gasteiger partial charge is 0.144 e. The molecule has 0 aliphatic carbocycles. The van der Waals surface area contributed by atoms with Crippen LogP contribution in [-0.4, -0.2) is 28.6 Å².